The minimum Gasteiger partial charge on any atom is -0.497 e. The van der Waals surface area contributed by atoms with Crippen molar-refractivity contribution in [3.63, 3.8) is 0 Å². The molecule has 2 heterocycles. The fraction of sp³-hybridized carbons (Fsp3) is 0.385. The lowest BCUT2D eigenvalue weighted by Gasteiger charge is -2.41. The highest BCUT2D eigenvalue weighted by molar-refractivity contribution is 6.00. The Morgan fingerprint density at radius 3 is 2.30 bits per heavy atom. The molecular weight excluding hydrogens is 420 g/mol. The molecule has 1 unspecified atom stereocenters. The minimum atomic E-state index is -0.650. The van der Waals surface area contributed by atoms with Crippen LogP contribution in [0.3, 0.4) is 0 Å². The first-order chi connectivity index (χ1) is 15.7. The van der Waals surface area contributed by atoms with Crippen LogP contribution in [0.4, 0.5) is 4.79 Å². The van der Waals surface area contributed by atoms with Gasteiger partial charge in [0.15, 0.2) is 0 Å². The molecule has 0 saturated heterocycles. The quantitative estimate of drug-likeness (QED) is 0.675. The minimum absolute atomic E-state index is 0.0391. The lowest BCUT2D eigenvalue weighted by Crippen LogP contribution is -2.47. The molecule has 7 nitrogen and oxygen atoms in total. The van der Waals surface area contributed by atoms with E-state index in [0.29, 0.717) is 36.6 Å². The Balaban J connectivity index is 1.70. The summed E-state index contributed by atoms with van der Waals surface area (Å²) in [6.07, 6.45) is 3.86. The third-order valence-corrected chi connectivity index (χ3v) is 5.99. The van der Waals surface area contributed by atoms with Crippen molar-refractivity contribution >= 4 is 12.0 Å². The molecule has 7 heteroatoms. The maximum Gasteiger partial charge on any atom is 0.414 e. The predicted octanol–water partition coefficient (Wildman–Crippen LogP) is 4.71. The second-order valence-corrected chi connectivity index (χ2v) is 9.32. The molecule has 4 rings (SSSR count). The zero-order valence-electron chi connectivity index (χ0n) is 19.8. The standard InChI is InChI=1S/C26H30N2O5/c1-25(2,3)33-24(30)27-12-10-26(11-13-27)22-9-7-6-8-21(22)23(29)28(26)17-18-14-19(31-4)16-20(15-18)32-5/h6-10,12,14-16H,11,13,17H2,1-5H3. The Morgan fingerprint density at radius 1 is 1.06 bits per heavy atom. The van der Waals surface area contributed by atoms with Crippen LogP contribution in [-0.2, 0) is 16.8 Å². The first kappa shape index (κ1) is 22.7. The number of ether oxygens (including phenoxy) is 3. The van der Waals surface area contributed by atoms with E-state index in [1.165, 1.54) is 0 Å². The van der Waals surface area contributed by atoms with Gasteiger partial charge in [0.1, 0.15) is 17.1 Å². The van der Waals surface area contributed by atoms with E-state index in [2.05, 4.69) is 0 Å². The fourth-order valence-corrected chi connectivity index (χ4v) is 4.46. The van der Waals surface area contributed by atoms with Crippen molar-refractivity contribution in [2.75, 3.05) is 20.8 Å². The topological polar surface area (TPSA) is 68.3 Å². The van der Waals surface area contributed by atoms with Gasteiger partial charge in [-0.15, -0.1) is 0 Å². The van der Waals surface area contributed by atoms with Gasteiger partial charge in [-0.2, -0.15) is 0 Å². The molecule has 1 atom stereocenters. The van der Waals surface area contributed by atoms with Gasteiger partial charge < -0.3 is 19.1 Å². The molecule has 0 N–H and O–H groups in total. The summed E-state index contributed by atoms with van der Waals surface area (Å²) in [7, 11) is 3.21. The van der Waals surface area contributed by atoms with E-state index in [1.807, 2.05) is 68.1 Å². The Labute approximate surface area is 194 Å². The lowest BCUT2D eigenvalue weighted by molar-refractivity contribution is 0.0268. The molecule has 2 aliphatic heterocycles. The molecule has 0 aliphatic carbocycles. The molecule has 33 heavy (non-hydrogen) atoms. The Morgan fingerprint density at radius 2 is 1.73 bits per heavy atom. The summed E-state index contributed by atoms with van der Waals surface area (Å²) in [5.74, 6) is 1.29. The first-order valence-corrected chi connectivity index (χ1v) is 11.0. The molecule has 0 fully saturated rings. The highest BCUT2D eigenvalue weighted by Gasteiger charge is 2.49. The number of amides is 2. The lowest BCUT2D eigenvalue weighted by atomic mass is 9.84. The van der Waals surface area contributed by atoms with Gasteiger partial charge in [0.05, 0.1) is 19.8 Å². The molecule has 174 valence electrons. The van der Waals surface area contributed by atoms with Gasteiger partial charge in [-0.1, -0.05) is 18.2 Å². The zero-order chi connectivity index (χ0) is 23.8. The smallest absolute Gasteiger partial charge is 0.414 e. The predicted molar refractivity (Wildman–Crippen MR) is 124 cm³/mol. The van der Waals surface area contributed by atoms with Gasteiger partial charge in [0.2, 0.25) is 0 Å². The molecule has 0 saturated carbocycles. The van der Waals surface area contributed by atoms with Crippen molar-refractivity contribution in [3.05, 3.63) is 71.4 Å². The number of hydrogen-bond donors (Lipinski definition) is 0. The van der Waals surface area contributed by atoms with Crippen LogP contribution in [-0.4, -0.2) is 48.2 Å². The summed E-state index contributed by atoms with van der Waals surface area (Å²) in [6.45, 7) is 6.34. The van der Waals surface area contributed by atoms with Gasteiger partial charge in [-0.05, 0) is 62.6 Å². The van der Waals surface area contributed by atoms with E-state index in [9.17, 15) is 9.59 Å². The van der Waals surface area contributed by atoms with Crippen molar-refractivity contribution < 1.29 is 23.8 Å². The molecule has 0 aromatic heterocycles. The number of hydrogen-bond acceptors (Lipinski definition) is 5. The highest BCUT2D eigenvalue weighted by Crippen LogP contribution is 2.46. The second kappa shape index (κ2) is 8.46. The van der Waals surface area contributed by atoms with Crippen LogP contribution in [0, 0.1) is 0 Å². The van der Waals surface area contributed by atoms with Crippen molar-refractivity contribution in [2.45, 2.75) is 44.9 Å². The molecule has 1 spiro atoms. The monoisotopic (exact) mass is 450 g/mol. The van der Waals surface area contributed by atoms with E-state index in [1.54, 1.807) is 31.4 Å². The van der Waals surface area contributed by atoms with Gasteiger partial charge >= 0.3 is 6.09 Å². The summed E-state index contributed by atoms with van der Waals surface area (Å²) in [5.41, 5.74) is 1.30. The number of carbonyl (C=O) groups excluding carboxylic acids is 2. The Hall–Kier alpha value is -3.48. The van der Waals surface area contributed by atoms with Crippen LogP contribution in [0.2, 0.25) is 0 Å². The summed E-state index contributed by atoms with van der Waals surface area (Å²) in [4.78, 5) is 29.5. The molecule has 0 bridgehead atoms. The summed E-state index contributed by atoms with van der Waals surface area (Å²) in [5, 5.41) is 0. The molecular formula is C26H30N2O5. The number of methoxy groups -OCH3 is 2. The van der Waals surface area contributed by atoms with Crippen LogP contribution < -0.4 is 9.47 Å². The Bertz CT molecular complexity index is 1080. The van der Waals surface area contributed by atoms with E-state index in [4.69, 9.17) is 14.2 Å². The van der Waals surface area contributed by atoms with Crippen LogP contribution >= 0.6 is 0 Å². The van der Waals surface area contributed by atoms with Crippen molar-refractivity contribution in [1.82, 2.24) is 9.80 Å². The molecule has 2 aromatic rings. The van der Waals surface area contributed by atoms with E-state index < -0.39 is 17.2 Å². The van der Waals surface area contributed by atoms with Crippen molar-refractivity contribution in [2.24, 2.45) is 0 Å². The molecule has 2 amide bonds. The summed E-state index contributed by atoms with van der Waals surface area (Å²) >= 11 is 0. The highest BCUT2D eigenvalue weighted by atomic mass is 16.6. The van der Waals surface area contributed by atoms with Gasteiger partial charge in [0, 0.05) is 30.9 Å². The normalized spacial score (nSPS) is 19.6. The maximum atomic E-state index is 13.5. The third kappa shape index (κ3) is 4.27. The average Bonchev–Trinajstić information content (AvgIpc) is 3.01. The average molecular weight is 451 g/mol. The summed E-state index contributed by atoms with van der Waals surface area (Å²) < 4.78 is 16.3. The van der Waals surface area contributed by atoms with Crippen LogP contribution in [0.15, 0.2) is 54.7 Å². The van der Waals surface area contributed by atoms with E-state index >= 15 is 0 Å². The second-order valence-electron chi connectivity index (χ2n) is 9.32. The van der Waals surface area contributed by atoms with E-state index in [-0.39, 0.29) is 5.91 Å². The maximum absolute atomic E-state index is 13.5. The van der Waals surface area contributed by atoms with Crippen molar-refractivity contribution in [1.29, 1.82) is 0 Å². The Kier molecular flexibility index (Phi) is 5.82. The van der Waals surface area contributed by atoms with E-state index in [0.717, 1.165) is 11.1 Å². The van der Waals surface area contributed by atoms with Crippen LogP contribution in [0.5, 0.6) is 11.5 Å². The third-order valence-electron chi connectivity index (χ3n) is 5.99. The number of nitrogens with zero attached hydrogens (tertiary/aromatic N) is 2. The summed E-state index contributed by atoms with van der Waals surface area (Å²) in [6, 6.07) is 13.3. The van der Waals surface area contributed by atoms with Crippen LogP contribution in [0.25, 0.3) is 0 Å². The molecule has 2 aromatic carbocycles. The van der Waals surface area contributed by atoms with Crippen LogP contribution in [0.1, 0.15) is 48.7 Å². The number of carbonyl (C=O) groups is 2. The fourth-order valence-electron chi connectivity index (χ4n) is 4.46. The zero-order valence-corrected chi connectivity index (χ0v) is 19.8. The SMILES string of the molecule is COc1cc(CN2C(=O)c3ccccc3C23C=CN(C(=O)OC(C)(C)C)CC3)cc(OC)c1. The van der Waals surface area contributed by atoms with Gasteiger partial charge in [-0.3, -0.25) is 9.69 Å². The molecule has 0 radical (unpaired) electrons. The molecule has 2 aliphatic rings. The van der Waals surface area contributed by atoms with Crippen molar-refractivity contribution in [3.8, 4) is 11.5 Å². The first-order valence-electron chi connectivity index (χ1n) is 11.0. The number of rotatable bonds is 4. The van der Waals surface area contributed by atoms with Gasteiger partial charge in [0.25, 0.3) is 5.91 Å². The number of benzene rings is 2. The van der Waals surface area contributed by atoms with Gasteiger partial charge in [-0.25, -0.2) is 4.79 Å². The largest absolute Gasteiger partial charge is 0.497 e. The number of fused-ring (bicyclic) bond motifs is 2.